The number of benzene rings is 3. The Kier molecular flexibility index (Phi) is 26.7. The van der Waals surface area contributed by atoms with Gasteiger partial charge in [0.25, 0.3) is 5.91 Å². The summed E-state index contributed by atoms with van der Waals surface area (Å²) in [5, 5.41) is 82.9. The first-order valence-corrected chi connectivity index (χ1v) is 45.3. The molecule has 44 nitrogen and oxygen atoms in total. The van der Waals surface area contributed by atoms with Crippen LogP contribution in [0.4, 0.5) is 58.2 Å². The fraction of sp³-hybridized carbons (Fsp3) is 0.298. The Hall–Kier alpha value is -16.6. The van der Waals surface area contributed by atoms with Crippen LogP contribution < -0.4 is 55.6 Å². The molecular weight excluding hydrogens is 1770 g/mol. The molecule has 0 saturated carbocycles. The third-order valence-electron chi connectivity index (χ3n) is 24.9. The number of nitrogens with two attached hydrogens (primary N) is 2. The highest BCUT2D eigenvalue weighted by molar-refractivity contribution is 5.92. The second kappa shape index (κ2) is 40.7. The van der Waals surface area contributed by atoms with Crippen molar-refractivity contribution in [2.75, 3.05) is 181 Å². The van der Waals surface area contributed by atoms with Crippen molar-refractivity contribution < 1.29 is 50.4 Å². The zero-order valence-electron chi connectivity index (χ0n) is 75.0. The average molecular weight is 1870 g/mol. The quantitative estimate of drug-likeness (QED) is 0.0386. The molecule has 706 valence electrons. The summed E-state index contributed by atoms with van der Waals surface area (Å²) in [7, 11) is 0. The van der Waals surface area contributed by atoms with Gasteiger partial charge in [-0.2, -0.15) is 35.0 Å². The third kappa shape index (κ3) is 19.6. The van der Waals surface area contributed by atoms with Gasteiger partial charge in [0.05, 0.1) is 85.4 Å². The topological polar surface area (TPSA) is 534 Å². The lowest BCUT2D eigenvalue weighted by Gasteiger charge is -2.36. The molecule has 2 atom stereocenters. The van der Waals surface area contributed by atoms with Crippen LogP contribution in [0.2, 0.25) is 0 Å². The van der Waals surface area contributed by atoms with Crippen LogP contribution in [0, 0.1) is 0 Å². The summed E-state index contributed by atoms with van der Waals surface area (Å²) in [5.74, 6) is 4.65. The number of primary amides is 1. The number of fused-ring (bicyclic) bond motifs is 5. The Morgan fingerprint density at radius 1 is 0.428 bits per heavy atom. The van der Waals surface area contributed by atoms with Crippen molar-refractivity contribution >= 4 is 126 Å². The van der Waals surface area contributed by atoms with Crippen LogP contribution in [0.3, 0.4) is 0 Å². The van der Waals surface area contributed by atoms with Gasteiger partial charge in [-0.15, -0.1) is 0 Å². The van der Waals surface area contributed by atoms with Gasteiger partial charge in [-0.05, 0) is 128 Å². The maximum absolute atomic E-state index is 11.3. The van der Waals surface area contributed by atoms with Gasteiger partial charge in [0.1, 0.15) is 47.8 Å². The maximum Gasteiger partial charge on any atom is 0.305 e. The Bertz CT molecular complexity index is 7050. The lowest BCUT2D eigenvalue weighted by atomic mass is 9.95. The minimum atomic E-state index is -0.930. The Morgan fingerprint density at radius 3 is 1.47 bits per heavy atom. The number of carboxylic acids is 1. The number of nitrogens with zero attached hydrogens (tertiary/aromatic N) is 32. The molecule has 0 bridgehead atoms. The highest BCUT2D eigenvalue weighted by atomic mass is 16.4. The number of carbonyl (C=O) groups excluding carboxylic acids is 1. The van der Waals surface area contributed by atoms with Crippen molar-refractivity contribution in [3.8, 4) is 34.4 Å². The van der Waals surface area contributed by atoms with E-state index in [-0.39, 0.29) is 62.4 Å². The number of hydrogen-bond donors (Lipinski definition) is 10. The molecule has 0 spiro atoms. The van der Waals surface area contributed by atoms with Gasteiger partial charge in [0.15, 0.2) is 67.9 Å². The van der Waals surface area contributed by atoms with Crippen LogP contribution in [-0.4, -0.2) is 309 Å². The summed E-state index contributed by atoms with van der Waals surface area (Å²) in [4.78, 5) is 119. The monoisotopic (exact) mass is 1860 g/mol. The molecule has 22 rings (SSSR count). The van der Waals surface area contributed by atoms with E-state index in [0.29, 0.717) is 132 Å². The van der Waals surface area contributed by atoms with Gasteiger partial charge in [-0.1, -0.05) is 24.3 Å². The van der Waals surface area contributed by atoms with Gasteiger partial charge in [0, 0.05) is 190 Å². The van der Waals surface area contributed by atoms with E-state index in [9.17, 15) is 50.4 Å². The molecule has 5 fully saturated rings. The van der Waals surface area contributed by atoms with Crippen molar-refractivity contribution in [3.05, 3.63) is 232 Å². The standard InChI is InChI=1S/C25H28N8O4.C25H27N7O3.C24H25N9O2.C20H20N10O/c34-16-15-31(10-7-21(36)37)23-22-24(33(17-27-22)19-5-8-26-9-6-19)29-25(28-23)32-13-11-30(12-14-32)18-1-3-20(35)4-2-18;33-19-3-1-17(2-4-19)30-11-7-16(8-12-30)23-28-24(31-13-20(34)21(35)14-31)22-25(29-23)32(15-27-22)18-5-9-26-10-6-18;34-12-11-32-16-26-21-22(32)28-24(29-23(21)33-19-4-2-1-3-18(19)14-27-33)31-9-7-30(8-10-31)20-6-5-17(15-35)13-25-20;21-17-16-19(30(12-25-16)13-3-5-23-6-4-13)27-20(26-17)29-9-7-28(8-10-29)14-1-2-15(18(22)31)24-11-14/h1-6,8-9,17,34-35H,7,10-16H2,(H,36,37);1-6,9-10,15-16,20-21,33-35H,7-8,11-14H2;1-6,13-14,16,34-35H,7-12,15H2;1-6,11-12H,7-10H2,(H2,22,31)(H2,21,26,27)/t;20-,21-;;/m.0../s1. The van der Waals surface area contributed by atoms with E-state index >= 15 is 0 Å². The number of pyridine rings is 5. The number of aromatic nitrogens is 23. The van der Waals surface area contributed by atoms with Gasteiger partial charge in [-0.25, -0.2) is 44.6 Å². The molecule has 17 aromatic rings. The molecule has 0 radical (unpaired) electrons. The molecule has 138 heavy (non-hydrogen) atoms. The lowest BCUT2D eigenvalue weighted by Crippen LogP contribution is -2.47. The number of aliphatic hydroxyl groups excluding tert-OH is 5. The normalized spacial score (nSPS) is 15.9. The molecule has 5 saturated heterocycles. The minimum absolute atomic E-state index is 0.00836. The van der Waals surface area contributed by atoms with Crippen molar-refractivity contribution in [3.63, 3.8) is 0 Å². The number of aliphatic hydroxyl groups is 5. The molecular formula is C94H100N34O10. The van der Waals surface area contributed by atoms with Crippen molar-refractivity contribution in [1.82, 2.24) is 113 Å². The number of nitrogen functional groups attached to an aromatic ring is 1. The maximum atomic E-state index is 11.3. The average Bonchev–Trinajstić information content (AvgIpc) is 1.61. The first-order chi connectivity index (χ1) is 67.4. The molecule has 3 aromatic carbocycles. The first-order valence-electron chi connectivity index (χ1n) is 45.3. The van der Waals surface area contributed by atoms with E-state index in [4.69, 9.17) is 46.4 Å². The largest absolute Gasteiger partial charge is 0.508 e. The fourth-order valence-electron chi connectivity index (χ4n) is 17.5. The number of amides is 1. The zero-order chi connectivity index (χ0) is 94.9. The van der Waals surface area contributed by atoms with Gasteiger partial charge >= 0.3 is 5.97 Å². The highest BCUT2D eigenvalue weighted by Crippen LogP contribution is 2.37. The van der Waals surface area contributed by atoms with E-state index < -0.39 is 24.1 Å². The minimum Gasteiger partial charge on any atom is -0.508 e. The number of carboxylic acid groups (broad SMARTS) is 1. The predicted octanol–water partition coefficient (Wildman–Crippen LogP) is 5.34. The van der Waals surface area contributed by atoms with E-state index in [1.807, 2.05) is 137 Å². The molecule has 0 aliphatic carbocycles. The molecule has 1 amide bonds. The van der Waals surface area contributed by atoms with E-state index in [1.54, 1.807) is 110 Å². The Morgan fingerprint density at radius 2 is 0.928 bits per heavy atom. The summed E-state index contributed by atoms with van der Waals surface area (Å²) < 4.78 is 9.31. The summed E-state index contributed by atoms with van der Waals surface area (Å²) in [6, 6.07) is 41.1. The van der Waals surface area contributed by atoms with E-state index in [0.717, 1.165) is 141 Å². The van der Waals surface area contributed by atoms with Crippen molar-refractivity contribution in [2.45, 2.75) is 50.5 Å². The fourth-order valence-corrected chi connectivity index (χ4v) is 17.5. The van der Waals surface area contributed by atoms with Crippen LogP contribution in [0.1, 0.15) is 47.1 Å². The number of aromatic hydroxyl groups is 2. The number of β-amino-alcohol motifs (C(OH)–C–C–N with tert-alkyl or cyclic N) is 2. The smallest absolute Gasteiger partial charge is 0.305 e. The predicted molar refractivity (Wildman–Crippen MR) is 517 cm³/mol. The second-order valence-electron chi connectivity index (χ2n) is 33.5. The van der Waals surface area contributed by atoms with Gasteiger partial charge in [0.2, 0.25) is 17.8 Å². The number of para-hydroxylation sites is 1. The van der Waals surface area contributed by atoms with Crippen LogP contribution in [-0.2, 0) is 17.9 Å². The van der Waals surface area contributed by atoms with Crippen LogP contribution in [0.5, 0.6) is 11.5 Å². The summed E-state index contributed by atoms with van der Waals surface area (Å²) in [5.41, 5.74) is 24.2. The van der Waals surface area contributed by atoms with Crippen LogP contribution in [0.15, 0.2) is 215 Å². The SMILES string of the molecule is NC(=O)c1ccc(N2CCN(c3nc(N)c4ncn(-c5ccncc5)c4n3)CC2)cn1.O=C(O)CCN(CCO)c1nc(N2CCN(c3ccc(O)cc3)CC2)nc2c1ncn2-c1ccncc1.OCCn1cnc2c(-n3ncc4ccccc43)nc(N3CCN(c4ccc(CO)cn4)CC3)nc21.Oc1ccc(N2CCC(c3nc(N4C[C@H](O)[C@@H](O)C4)c4ncn(-c5ccncc5)c4n3)CC2)cc1. The molecule has 0 unspecified atom stereocenters. The third-order valence-corrected chi connectivity index (χ3v) is 24.9. The molecule has 14 aromatic heterocycles. The number of phenolic OH excluding ortho intramolecular Hbond substituents is 2. The van der Waals surface area contributed by atoms with Gasteiger partial charge in [-0.3, -0.25) is 38.2 Å². The molecule has 12 N–H and O–H groups in total. The highest BCUT2D eigenvalue weighted by Gasteiger charge is 2.36. The number of hydrogen-bond acceptors (Lipinski definition) is 37. The zero-order valence-corrected chi connectivity index (χ0v) is 75.0. The number of aliphatic carboxylic acids is 1. The second-order valence-corrected chi connectivity index (χ2v) is 33.5. The van der Waals surface area contributed by atoms with Crippen molar-refractivity contribution in [1.29, 1.82) is 0 Å². The Balaban J connectivity index is 0.000000118. The number of rotatable bonds is 23. The summed E-state index contributed by atoms with van der Waals surface area (Å²) in [6.45, 7) is 11.7. The number of phenols is 2. The number of anilines is 10. The van der Waals surface area contributed by atoms with Crippen LogP contribution in [0.25, 0.3) is 78.4 Å². The number of piperidine rings is 1. The molecule has 5 aliphatic heterocycles. The summed E-state index contributed by atoms with van der Waals surface area (Å²) >= 11 is 0. The number of carbonyl (C=O) groups is 2. The molecule has 5 aliphatic rings. The number of imidazole rings is 4. The summed E-state index contributed by atoms with van der Waals surface area (Å²) in [6.07, 6.45) is 22.3. The van der Waals surface area contributed by atoms with Crippen LogP contribution >= 0.6 is 0 Å². The van der Waals surface area contributed by atoms with Gasteiger partial charge < -0.3 is 101 Å². The van der Waals surface area contributed by atoms with E-state index in [1.165, 1.54) is 0 Å². The molecule has 44 heteroatoms. The molecule has 19 heterocycles. The van der Waals surface area contributed by atoms with E-state index in [2.05, 4.69) is 89.2 Å². The lowest BCUT2D eigenvalue weighted by molar-refractivity contribution is -0.136. The first kappa shape index (κ1) is 90.6. The Labute approximate surface area is 788 Å². The number of piperazine rings is 3. The van der Waals surface area contributed by atoms with Crippen molar-refractivity contribution in [2.24, 2.45) is 5.73 Å².